The van der Waals surface area contributed by atoms with Gasteiger partial charge in [0.1, 0.15) is 6.26 Å². The van der Waals surface area contributed by atoms with E-state index >= 15 is 0 Å². The van der Waals surface area contributed by atoms with Crippen LogP contribution in [0.3, 0.4) is 0 Å². The average Bonchev–Trinajstić information content (AvgIpc) is 3.05. The zero-order valence-corrected chi connectivity index (χ0v) is 13.5. The van der Waals surface area contributed by atoms with Gasteiger partial charge in [-0.05, 0) is 12.8 Å². The molecule has 0 spiro atoms. The Morgan fingerprint density at radius 2 is 2.23 bits per heavy atom. The van der Waals surface area contributed by atoms with Crippen LogP contribution in [-0.2, 0) is 6.54 Å². The molecule has 1 aromatic rings. The molecular formula is C15H27N5O2. The van der Waals surface area contributed by atoms with Gasteiger partial charge < -0.3 is 19.8 Å². The van der Waals surface area contributed by atoms with Gasteiger partial charge in [-0.1, -0.05) is 12.1 Å². The number of piperazine rings is 1. The SMILES string of the molecule is CCNC(=NCC(C)CO)N1CCN(Cc2ccon2)CC1. The topological polar surface area (TPSA) is 77.1 Å². The van der Waals surface area contributed by atoms with Crippen molar-refractivity contribution in [2.45, 2.75) is 20.4 Å². The number of aromatic nitrogens is 1. The minimum absolute atomic E-state index is 0.175. The molecule has 1 aliphatic rings. The fourth-order valence-corrected chi connectivity index (χ4v) is 2.39. The summed E-state index contributed by atoms with van der Waals surface area (Å²) in [5.41, 5.74) is 0.978. The molecule has 22 heavy (non-hydrogen) atoms. The number of hydrogen-bond donors (Lipinski definition) is 2. The molecule has 2 heterocycles. The van der Waals surface area contributed by atoms with Crippen molar-refractivity contribution in [3.63, 3.8) is 0 Å². The number of aliphatic imine (C=N–C) groups is 1. The third-order valence-corrected chi connectivity index (χ3v) is 3.75. The third kappa shape index (κ3) is 4.99. The van der Waals surface area contributed by atoms with Crippen molar-refractivity contribution in [3.8, 4) is 0 Å². The van der Waals surface area contributed by atoms with Gasteiger partial charge in [0.15, 0.2) is 5.96 Å². The summed E-state index contributed by atoms with van der Waals surface area (Å²) < 4.78 is 4.88. The molecule has 124 valence electrons. The van der Waals surface area contributed by atoms with Crippen molar-refractivity contribution in [3.05, 3.63) is 18.0 Å². The van der Waals surface area contributed by atoms with Crippen molar-refractivity contribution in [2.24, 2.45) is 10.9 Å². The zero-order chi connectivity index (χ0) is 15.8. The molecule has 0 saturated carbocycles. The van der Waals surface area contributed by atoms with Gasteiger partial charge in [-0.15, -0.1) is 0 Å². The molecular weight excluding hydrogens is 282 g/mol. The number of guanidine groups is 1. The Kier molecular flexibility index (Phi) is 6.67. The molecule has 1 saturated heterocycles. The first kappa shape index (κ1) is 16.8. The van der Waals surface area contributed by atoms with E-state index in [0.29, 0.717) is 6.54 Å². The first-order valence-electron chi connectivity index (χ1n) is 7.98. The van der Waals surface area contributed by atoms with E-state index in [1.165, 1.54) is 0 Å². The number of nitrogens with zero attached hydrogens (tertiary/aromatic N) is 4. The van der Waals surface area contributed by atoms with Gasteiger partial charge in [0.2, 0.25) is 0 Å². The highest BCUT2D eigenvalue weighted by Gasteiger charge is 2.20. The summed E-state index contributed by atoms with van der Waals surface area (Å²) in [5.74, 6) is 1.14. The molecule has 1 aliphatic heterocycles. The van der Waals surface area contributed by atoms with Crippen molar-refractivity contribution in [1.82, 2.24) is 20.3 Å². The maximum atomic E-state index is 9.12. The van der Waals surface area contributed by atoms with Crippen LogP contribution in [0.25, 0.3) is 0 Å². The Bertz CT molecular complexity index is 441. The van der Waals surface area contributed by atoms with Crippen molar-refractivity contribution in [2.75, 3.05) is 45.9 Å². The third-order valence-electron chi connectivity index (χ3n) is 3.75. The number of hydrogen-bond acceptors (Lipinski definition) is 5. The van der Waals surface area contributed by atoms with E-state index in [2.05, 4.69) is 32.2 Å². The molecule has 2 N–H and O–H groups in total. The summed E-state index contributed by atoms with van der Waals surface area (Å²) >= 11 is 0. The van der Waals surface area contributed by atoms with Crippen LogP contribution >= 0.6 is 0 Å². The highest BCUT2D eigenvalue weighted by Crippen LogP contribution is 2.07. The van der Waals surface area contributed by atoms with E-state index < -0.39 is 0 Å². The normalized spacial score (nSPS) is 18.5. The Morgan fingerprint density at radius 1 is 1.45 bits per heavy atom. The molecule has 1 aromatic heterocycles. The van der Waals surface area contributed by atoms with Crippen molar-refractivity contribution >= 4 is 5.96 Å². The zero-order valence-electron chi connectivity index (χ0n) is 13.5. The molecule has 0 bridgehead atoms. The average molecular weight is 309 g/mol. The standard InChI is InChI=1S/C15H27N5O2/c1-3-16-15(17-10-13(2)12-21)20-7-5-19(6-8-20)11-14-4-9-22-18-14/h4,9,13,21H,3,5-8,10-12H2,1-2H3,(H,16,17). The van der Waals surface area contributed by atoms with E-state index in [9.17, 15) is 0 Å². The first-order chi connectivity index (χ1) is 10.7. The number of rotatable bonds is 6. The minimum atomic E-state index is 0.175. The predicted molar refractivity (Wildman–Crippen MR) is 85.6 cm³/mol. The second-order valence-electron chi connectivity index (χ2n) is 5.74. The van der Waals surface area contributed by atoms with Crippen LogP contribution in [-0.4, -0.2) is 71.9 Å². The van der Waals surface area contributed by atoms with Crippen LogP contribution in [0.5, 0.6) is 0 Å². The quantitative estimate of drug-likeness (QED) is 0.585. The monoisotopic (exact) mass is 309 g/mol. The van der Waals surface area contributed by atoms with Gasteiger partial charge in [0.05, 0.1) is 5.69 Å². The fraction of sp³-hybridized carbons (Fsp3) is 0.733. The van der Waals surface area contributed by atoms with E-state index in [1.807, 2.05) is 13.0 Å². The number of aliphatic hydroxyl groups is 1. The van der Waals surface area contributed by atoms with Gasteiger partial charge in [-0.3, -0.25) is 9.89 Å². The summed E-state index contributed by atoms with van der Waals surface area (Å²) in [5, 5.41) is 16.4. The van der Waals surface area contributed by atoms with Crippen LogP contribution in [0.4, 0.5) is 0 Å². The van der Waals surface area contributed by atoms with Crippen LogP contribution < -0.4 is 5.32 Å². The van der Waals surface area contributed by atoms with Crippen molar-refractivity contribution < 1.29 is 9.63 Å². The smallest absolute Gasteiger partial charge is 0.194 e. The number of nitrogens with one attached hydrogen (secondary N) is 1. The Hall–Kier alpha value is -1.60. The van der Waals surface area contributed by atoms with Gasteiger partial charge >= 0.3 is 0 Å². The molecule has 7 heteroatoms. The highest BCUT2D eigenvalue weighted by atomic mass is 16.5. The Balaban J connectivity index is 1.84. The van der Waals surface area contributed by atoms with E-state index in [0.717, 1.165) is 50.9 Å². The van der Waals surface area contributed by atoms with Gasteiger partial charge in [-0.2, -0.15) is 0 Å². The second-order valence-corrected chi connectivity index (χ2v) is 5.74. The molecule has 1 unspecified atom stereocenters. The number of aliphatic hydroxyl groups excluding tert-OH is 1. The lowest BCUT2D eigenvalue weighted by atomic mass is 10.2. The molecule has 2 rings (SSSR count). The van der Waals surface area contributed by atoms with Crippen LogP contribution in [0.1, 0.15) is 19.5 Å². The Labute approximate surface area is 132 Å². The van der Waals surface area contributed by atoms with Crippen LogP contribution in [0, 0.1) is 5.92 Å². The molecule has 0 amide bonds. The fourth-order valence-electron chi connectivity index (χ4n) is 2.39. The van der Waals surface area contributed by atoms with E-state index in [1.54, 1.807) is 6.26 Å². The maximum Gasteiger partial charge on any atom is 0.194 e. The summed E-state index contributed by atoms with van der Waals surface area (Å²) in [4.78, 5) is 9.29. The highest BCUT2D eigenvalue weighted by molar-refractivity contribution is 5.80. The molecule has 7 nitrogen and oxygen atoms in total. The maximum absolute atomic E-state index is 9.12. The predicted octanol–water partition coefficient (Wildman–Crippen LogP) is 0.386. The summed E-state index contributed by atoms with van der Waals surface area (Å²) in [6.45, 7) is 10.4. The summed E-state index contributed by atoms with van der Waals surface area (Å²) in [7, 11) is 0. The van der Waals surface area contributed by atoms with Gasteiger partial charge in [-0.25, -0.2) is 0 Å². The second kappa shape index (κ2) is 8.75. The molecule has 1 atom stereocenters. The molecule has 0 aliphatic carbocycles. The summed E-state index contributed by atoms with van der Waals surface area (Å²) in [6, 6.07) is 1.91. The lowest BCUT2D eigenvalue weighted by Gasteiger charge is -2.36. The Morgan fingerprint density at radius 3 is 2.82 bits per heavy atom. The molecule has 0 aromatic carbocycles. The van der Waals surface area contributed by atoms with E-state index in [-0.39, 0.29) is 12.5 Å². The van der Waals surface area contributed by atoms with Crippen LogP contribution in [0.2, 0.25) is 0 Å². The van der Waals surface area contributed by atoms with Crippen LogP contribution in [0.15, 0.2) is 21.8 Å². The molecule has 1 fully saturated rings. The molecule has 0 radical (unpaired) electrons. The van der Waals surface area contributed by atoms with Gasteiger partial charge in [0.25, 0.3) is 0 Å². The summed E-state index contributed by atoms with van der Waals surface area (Å²) in [6.07, 6.45) is 1.61. The lowest BCUT2D eigenvalue weighted by Crippen LogP contribution is -2.52. The van der Waals surface area contributed by atoms with Crippen molar-refractivity contribution in [1.29, 1.82) is 0 Å². The first-order valence-corrected chi connectivity index (χ1v) is 7.98. The largest absolute Gasteiger partial charge is 0.396 e. The minimum Gasteiger partial charge on any atom is -0.396 e. The van der Waals surface area contributed by atoms with E-state index in [4.69, 9.17) is 9.63 Å². The lowest BCUT2D eigenvalue weighted by molar-refractivity contribution is 0.168. The van der Waals surface area contributed by atoms with Gasteiger partial charge in [0, 0.05) is 58.5 Å².